The van der Waals surface area contributed by atoms with Gasteiger partial charge in [-0.2, -0.15) is 0 Å². The van der Waals surface area contributed by atoms with E-state index in [1.165, 1.54) is 0 Å². The number of carbonyl (C=O) groups excluding carboxylic acids is 1. The molecule has 29 heavy (non-hydrogen) atoms. The fourth-order valence-corrected chi connectivity index (χ4v) is 4.57. The maximum atomic E-state index is 13.2. The van der Waals surface area contributed by atoms with E-state index in [2.05, 4.69) is 36.2 Å². The number of aromatic nitrogens is 1. The second-order valence-corrected chi connectivity index (χ2v) is 7.89. The number of rotatable bonds is 4. The number of nitrogens with one attached hydrogen (secondary N) is 1. The van der Waals surface area contributed by atoms with Crippen LogP contribution in [-0.2, 0) is 0 Å². The number of amides is 1. The quantitative estimate of drug-likeness (QED) is 0.420. The normalized spacial score (nSPS) is 15.9. The summed E-state index contributed by atoms with van der Waals surface area (Å²) >= 11 is 6.13. The molecular weight excluding hydrogens is 380 g/mol. The van der Waals surface area contributed by atoms with Crippen LogP contribution < -0.4 is 0 Å². The number of carbonyl (C=O) groups is 1. The van der Waals surface area contributed by atoms with E-state index in [0.29, 0.717) is 5.02 Å². The van der Waals surface area contributed by atoms with Crippen molar-refractivity contribution >= 4 is 28.4 Å². The van der Waals surface area contributed by atoms with Crippen LogP contribution in [0.15, 0.2) is 72.8 Å². The number of benzene rings is 3. The lowest BCUT2D eigenvalue weighted by molar-refractivity contribution is 0.0751. The number of aromatic amines is 1. The van der Waals surface area contributed by atoms with Crippen LogP contribution in [-0.4, -0.2) is 22.3 Å². The lowest BCUT2D eigenvalue weighted by atomic mass is 9.93. The van der Waals surface area contributed by atoms with Gasteiger partial charge in [0.1, 0.15) is 0 Å². The predicted octanol–water partition coefficient (Wildman–Crippen LogP) is 6.44. The van der Waals surface area contributed by atoms with E-state index in [1.54, 1.807) is 0 Å². The minimum absolute atomic E-state index is 0.111. The highest BCUT2D eigenvalue weighted by molar-refractivity contribution is 6.30. The molecule has 1 N–H and O–H groups in total. The van der Waals surface area contributed by atoms with Crippen LogP contribution in [0.4, 0.5) is 0 Å². The van der Waals surface area contributed by atoms with Gasteiger partial charge in [0.05, 0.1) is 11.7 Å². The average Bonchev–Trinajstić information content (AvgIpc) is 3.25. The smallest absolute Gasteiger partial charge is 0.255 e. The number of nitrogens with zero attached hydrogens (tertiary/aromatic N) is 1. The van der Waals surface area contributed by atoms with Crippen LogP contribution >= 0.6 is 11.6 Å². The van der Waals surface area contributed by atoms with Gasteiger partial charge in [0.25, 0.3) is 5.91 Å². The number of hydrogen-bond donors (Lipinski definition) is 1. The molecule has 1 aliphatic rings. The van der Waals surface area contributed by atoms with Crippen LogP contribution in [0.5, 0.6) is 0 Å². The van der Waals surface area contributed by atoms with Gasteiger partial charge in [-0.1, -0.05) is 67.1 Å². The molecule has 3 aromatic carbocycles. The van der Waals surface area contributed by atoms with Crippen molar-refractivity contribution in [3.8, 4) is 11.3 Å². The predicted molar refractivity (Wildman–Crippen MR) is 118 cm³/mol. The summed E-state index contributed by atoms with van der Waals surface area (Å²) in [7, 11) is 0. The van der Waals surface area contributed by atoms with E-state index in [-0.39, 0.29) is 11.9 Å². The molecule has 4 aromatic rings. The average molecular weight is 401 g/mol. The van der Waals surface area contributed by atoms with E-state index in [4.69, 9.17) is 11.6 Å². The summed E-state index contributed by atoms with van der Waals surface area (Å²) in [5, 5.41) is 1.86. The largest absolute Gasteiger partial charge is 0.354 e. The van der Waals surface area contributed by atoms with Crippen molar-refractivity contribution < 1.29 is 4.79 Å². The Labute approximate surface area is 174 Å². The second-order valence-electron chi connectivity index (χ2n) is 7.45. The molecule has 0 aliphatic carbocycles. The van der Waals surface area contributed by atoms with Crippen molar-refractivity contribution in [2.24, 2.45) is 0 Å². The zero-order valence-electron chi connectivity index (χ0n) is 16.2. The summed E-state index contributed by atoms with van der Waals surface area (Å²) in [4.78, 5) is 18.8. The van der Waals surface area contributed by atoms with Gasteiger partial charge in [-0.15, -0.1) is 0 Å². The molecule has 3 nitrogen and oxygen atoms in total. The maximum Gasteiger partial charge on any atom is 0.255 e. The van der Waals surface area contributed by atoms with Crippen LogP contribution in [0.1, 0.15) is 40.9 Å². The maximum absolute atomic E-state index is 13.2. The lowest BCUT2D eigenvalue weighted by Crippen LogP contribution is -2.29. The number of fused-ring (bicyclic) bond motifs is 2. The molecule has 0 spiro atoms. The molecule has 0 fully saturated rings. The van der Waals surface area contributed by atoms with Crippen molar-refractivity contribution in [2.45, 2.75) is 19.4 Å². The molecule has 5 rings (SSSR count). The van der Waals surface area contributed by atoms with Crippen molar-refractivity contribution in [1.82, 2.24) is 9.88 Å². The standard InChI is InChI=1S/C25H21ClN2O/c1-2-15-28-24(18-7-3-4-8-19(18)25(28)29)22-20-9-5-6-10-21(20)27-23(22)16-11-13-17(26)14-12-16/h3-14,24,27H,2,15H2,1H3/t24-/m1/s1. The lowest BCUT2D eigenvalue weighted by Gasteiger charge is -2.26. The molecule has 0 radical (unpaired) electrons. The van der Waals surface area contributed by atoms with Crippen LogP contribution in [0.25, 0.3) is 22.2 Å². The topological polar surface area (TPSA) is 36.1 Å². The second kappa shape index (κ2) is 7.09. The zero-order valence-corrected chi connectivity index (χ0v) is 16.9. The SMILES string of the molecule is CCCN1C(=O)c2ccccc2[C@@H]1c1c(-c2ccc(Cl)cc2)[nH]c2ccccc12. The summed E-state index contributed by atoms with van der Waals surface area (Å²) < 4.78 is 0. The molecule has 144 valence electrons. The molecule has 1 atom stereocenters. The van der Waals surface area contributed by atoms with Gasteiger partial charge in [-0.25, -0.2) is 0 Å². The fraction of sp³-hybridized carbons (Fsp3) is 0.160. The fourth-order valence-electron chi connectivity index (χ4n) is 4.44. The molecule has 0 bridgehead atoms. The van der Waals surface area contributed by atoms with E-state index in [1.807, 2.05) is 53.4 Å². The van der Waals surface area contributed by atoms with Gasteiger partial charge in [-0.3, -0.25) is 4.79 Å². The number of para-hydroxylation sites is 1. The number of H-pyrrole nitrogens is 1. The summed E-state index contributed by atoms with van der Waals surface area (Å²) in [5.74, 6) is 0.111. The van der Waals surface area contributed by atoms with Crippen molar-refractivity contribution in [2.75, 3.05) is 6.54 Å². The first kappa shape index (κ1) is 18.0. The van der Waals surface area contributed by atoms with E-state index < -0.39 is 0 Å². The summed E-state index contributed by atoms with van der Waals surface area (Å²) in [6.07, 6.45) is 0.912. The minimum Gasteiger partial charge on any atom is -0.354 e. The Morgan fingerprint density at radius 2 is 1.69 bits per heavy atom. The highest BCUT2D eigenvalue weighted by atomic mass is 35.5. The third-order valence-electron chi connectivity index (χ3n) is 5.68. The van der Waals surface area contributed by atoms with Crippen molar-refractivity contribution in [1.29, 1.82) is 0 Å². The van der Waals surface area contributed by atoms with Gasteiger partial charge in [0, 0.05) is 33.6 Å². The minimum atomic E-state index is -0.111. The van der Waals surface area contributed by atoms with Crippen LogP contribution in [0.3, 0.4) is 0 Å². The Bertz CT molecular complexity index is 1210. The molecule has 0 unspecified atom stereocenters. The van der Waals surface area contributed by atoms with Crippen molar-refractivity contribution in [3.63, 3.8) is 0 Å². The molecule has 1 aliphatic heterocycles. The van der Waals surface area contributed by atoms with Gasteiger partial charge < -0.3 is 9.88 Å². The summed E-state index contributed by atoms with van der Waals surface area (Å²) in [6.45, 7) is 2.83. The van der Waals surface area contributed by atoms with Gasteiger partial charge >= 0.3 is 0 Å². The summed E-state index contributed by atoms with van der Waals surface area (Å²) in [6, 6.07) is 24.1. The van der Waals surface area contributed by atoms with Crippen LogP contribution in [0.2, 0.25) is 5.02 Å². The third-order valence-corrected chi connectivity index (χ3v) is 5.93. The van der Waals surface area contributed by atoms with E-state index >= 15 is 0 Å². The summed E-state index contributed by atoms with van der Waals surface area (Å²) in [5.41, 5.74) is 6.20. The van der Waals surface area contributed by atoms with E-state index in [9.17, 15) is 4.79 Å². The highest BCUT2D eigenvalue weighted by Gasteiger charge is 2.39. The Morgan fingerprint density at radius 1 is 0.966 bits per heavy atom. The van der Waals surface area contributed by atoms with Gasteiger partial charge in [0.15, 0.2) is 0 Å². The molecule has 0 saturated heterocycles. The monoisotopic (exact) mass is 400 g/mol. The Hall–Kier alpha value is -3.04. The van der Waals surface area contributed by atoms with Crippen molar-refractivity contribution in [3.05, 3.63) is 94.5 Å². The number of halogens is 1. The highest BCUT2D eigenvalue weighted by Crippen LogP contribution is 2.45. The molecule has 0 saturated carbocycles. The van der Waals surface area contributed by atoms with Crippen LogP contribution in [0, 0.1) is 0 Å². The van der Waals surface area contributed by atoms with Gasteiger partial charge in [0.2, 0.25) is 0 Å². The van der Waals surface area contributed by atoms with E-state index in [0.717, 1.165) is 51.8 Å². The first-order chi connectivity index (χ1) is 14.2. The molecule has 2 heterocycles. The zero-order chi connectivity index (χ0) is 20.0. The molecule has 4 heteroatoms. The molecule has 1 amide bonds. The number of hydrogen-bond acceptors (Lipinski definition) is 1. The Kier molecular flexibility index (Phi) is 4.40. The molecular formula is C25H21ClN2O. The molecule has 1 aromatic heterocycles. The Balaban J connectivity index is 1.80. The van der Waals surface area contributed by atoms with Gasteiger partial charge in [-0.05, 0) is 41.8 Å². The first-order valence-corrected chi connectivity index (χ1v) is 10.3. The third kappa shape index (κ3) is 2.85. The first-order valence-electron chi connectivity index (χ1n) is 9.95. The Morgan fingerprint density at radius 3 is 2.48 bits per heavy atom.